The first-order chi connectivity index (χ1) is 13.0. The van der Waals surface area contributed by atoms with Crippen LogP contribution in [0.4, 0.5) is 0 Å². The van der Waals surface area contributed by atoms with Crippen molar-refractivity contribution in [1.82, 2.24) is 5.32 Å². The van der Waals surface area contributed by atoms with Crippen LogP contribution in [0.3, 0.4) is 0 Å². The summed E-state index contributed by atoms with van der Waals surface area (Å²) < 4.78 is 0. The molecule has 146 valence electrons. The highest BCUT2D eigenvalue weighted by Crippen LogP contribution is 2.66. The van der Waals surface area contributed by atoms with Gasteiger partial charge in [0.2, 0.25) is 5.91 Å². The molecule has 0 aliphatic heterocycles. The van der Waals surface area contributed by atoms with Crippen LogP contribution in [-0.4, -0.2) is 11.9 Å². The summed E-state index contributed by atoms with van der Waals surface area (Å²) in [5.41, 5.74) is 3.53. The fraction of sp³-hybridized carbons (Fsp3) is 0.720. The molecular formula is C25H35NO. The van der Waals surface area contributed by atoms with Gasteiger partial charge < -0.3 is 5.32 Å². The zero-order chi connectivity index (χ0) is 18.5. The van der Waals surface area contributed by atoms with Crippen molar-refractivity contribution >= 4 is 5.91 Å². The van der Waals surface area contributed by atoms with E-state index in [9.17, 15) is 4.79 Å². The van der Waals surface area contributed by atoms with E-state index in [1.807, 2.05) is 0 Å². The number of hydrogen-bond acceptors (Lipinski definition) is 1. The molecule has 0 heterocycles. The SMILES string of the molecule is Cc1ccc(C23C[C@@H]4C[C@@H](CC(CC(=O)NC5CCCCC5)(C4)C2)C3)cc1. The molecule has 5 aliphatic carbocycles. The van der Waals surface area contributed by atoms with Gasteiger partial charge >= 0.3 is 0 Å². The number of carbonyl (C=O) groups excluding carboxylic acids is 1. The summed E-state index contributed by atoms with van der Waals surface area (Å²) >= 11 is 0. The second-order valence-electron chi connectivity index (χ2n) is 10.7. The fourth-order valence-corrected chi connectivity index (χ4v) is 7.77. The average molecular weight is 366 g/mol. The van der Waals surface area contributed by atoms with Crippen molar-refractivity contribution < 1.29 is 4.79 Å². The number of hydrogen-bond donors (Lipinski definition) is 1. The smallest absolute Gasteiger partial charge is 0.220 e. The Morgan fingerprint density at radius 2 is 1.67 bits per heavy atom. The van der Waals surface area contributed by atoms with E-state index in [2.05, 4.69) is 36.5 Å². The van der Waals surface area contributed by atoms with E-state index in [-0.39, 0.29) is 5.41 Å². The minimum Gasteiger partial charge on any atom is -0.353 e. The molecule has 5 saturated carbocycles. The molecule has 1 aromatic carbocycles. The van der Waals surface area contributed by atoms with Crippen molar-refractivity contribution in [3.8, 4) is 0 Å². The van der Waals surface area contributed by atoms with Gasteiger partial charge in [0.1, 0.15) is 0 Å². The third kappa shape index (κ3) is 3.34. The van der Waals surface area contributed by atoms with Gasteiger partial charge in [0, 0.05) is 12.5 Å². The average Bonchev–Trinajstić information content (AvgIpc) is 2.61. The monoisotopic (exact) mass is 365 g/mol. The first kappa shape index (κ1) is 17.8. The Hall–Kier alpha value is -1.31. The molecule has 5 fully saturated rings. The van der Waals surface area contributed by atoms with E-state index in [0.717, 1.165) is 18.3 Å². The van der Waals surface area contributed by atoms with Crippen LogP contribution < -0.4 is 5.32 Å². The van der Waals surface area contributed by atoms with E-state index in [1.165, 1.54) is 76.2 Å². The normalized spacial score (nSPS) is 38.1. The van der Waals surface area contributed by atoms with Crippen molar-refractivity contribution in [2.24, 2.45) is 17.3 Å². The molecule has 1 amide bonds. The zero-order valence-electron chi connectivity index (χ0n) is 16.9. The molecule has 1 aromatic rings. The minimum atomic E-state index is 0.272. The molecule has 0 saturated heterocycles. The third-order valence-corrected chi connectivity index (χ3v) is 8.35. The topological polar surface area (TPSA) is 29.1 Å². The van der Waals surface area contributed by atoms with Gasteiger partial charge in [-0.1, -0.05) is 49.1 Å². The van der Waals surface area contributed by atoms with Crippen molar-refractivity contribution in [1.29, 1.82) is 0 Å². The molecule has 0 aromatic heterocycles. The molecule has 1 N–H and O–H groups in total. The van der Waals surface area contributed by atoms with Crippen LogP contribution in [0.1, 0.15) is 88.2 Å². The van der Waals surface area contributed by atoms with Gasteiger partial charge in [-0.15, -0.1) is 0 Å². The number of benzene rings is 1. The number of amides is 1. The van der Waals surface area contributed by atoms with Crippen molar-refractivity contribution in [3.63, 3.8) is 0 Å². The molecule has 4 bridgehead atoms. The van der Waals surface area contributed by atoms with Crippen LogP contribution in [0.25, 0.3) is 0 Å². The van der Waals surface area contributed by atoms with Crippen LogP contribution in [0.2, 0.25) is 0 Å². The maximum absolute atomic E-state index is 13.0. The van der Waals surface area contributed by atoms with Crippen molar-refractivity contribution in [2.75, 3.05) is 0 Å². The molecule has 0 radical (unpaired) electrons. The van der Waals surface area contributed by atoms with Gasteiger partial charge in [0.25, 0.3) is 0 Å². The lowest BCUT2D eigenvalue weighted by Crippen LogP contribution is -2.55. The zero-order valence-corrected chi connectivity index (χ0v) is 16.9. The summed E-state index contributed by atoms with van der Waals surface area (Å²) in [5, 5.41) is 3.41. The van der Waals surface area contributed by atoms with E-state index >= 15 is 0 Å². The summed E-state index contributed by atoms with van der Waals surface area (Å²) in [7, 11) is 0. The first-order valence-electron chi connectivity index (χ1n) is 11.4. The molecule has 0 spiro atoms. The summed E-state index contributed by atoms with van der Waals surface area (Å²) in [6.07, 6.45) is 15.1. The number of rotatable bonds is 4. The Balaban J connectivity index is 1.35. The van der Waals surface area contributed by atoms with Gasteiger partial charge in [-0.2, -0.15) is 0 Å². The maximum atomic E-state index is 13.0. The minimum absolute atomic E-state index is 0.272. The predicted octanol–water partition coefficient (Wildman–Crippen LogP) is 5.67. The second kappa shape index (κ2) is 6.64. The van der Waals surface area contributed by atoms with Crippen LogP contribution >= 0.6 is 0 Å². The highest BCUT2D eigenvalue weighted by Gasteiger charge is 2.58. The highest BCUT2D eigenvalue weighted by molar-refractivity contribution is 5.77. The Morgan fingerprint density at radius 3 is 2.33 bits per heavy atom. The molecule has 2 unspecified atom stereocenters. The van der Waals surface area contributed by atoms with E-state index in [4.69, 9.17) is 0 Å². The lowest BCUT2D eigenvalue weighted by atomic mass is 9.42. The lowest BCUT2D eigenvalue weighted by Gasteiger charge is -2.62. The Bertz CT molecular complexity index is 686. The summed E-state index contributed by atoms with van der Waals surface area (Å²) in [6.45, 7) is 2.18. The number of aryl methyl sites for hydroxylation is 1. The molecular weight excluding hydrogens is 330 g/mol. The maximum Gasteiger partial charge on any atom is 0.220 e. The Labute approximate surface area is 164 Å². The second-order valence-corrected chi connectivity index (χ2v) is 10.7. The standard InChI is InChI=1S/C25H35NO/c1-18-7-9-21(10-8-18)25-14-19-11-20(15-25)13-24(12-19,17-25)16-23(27)26-22-5-3-2-4-6-22/h7-10,19-20,22H,2-6,11-17H2,1H3,(H,26,27)/t19-,20+,24?,25?. The largest absolute Gasteiger partial charge is 0.353 e. The molecule has 2 heteroatoms. The molecule has 6 rings (SSSR count). The summed E-state index contributed by atoms with van der Waals surface area (Å²) in [4.78, 5) is 13.0. The van der Waals surface area contributed by atoms with E-state index < -0.39 is 0 Å². The van der Waals surface area contributed by atoms with Crippen molar-refractivity contribution in [3.05, 3.63) is 35.4 Å². The van der Waals surface area contributed by atoms with E-state index in [1.54, 1.807) is 5.56 Å². The van der Waals surface area contributed by atoms with Crippen LogP contribution in [0.15, 0.2) is 24.3 Å². The van der Waals surface area contributed by atoms with Gasteiger partial charge in [-0.3, -0.25) is 4.79 Å². The molecule has 27 heavy (non-hydrogen) atoms. The molecule has 5 aliphatic rings. The lowest BCUT2D eigenvalue weighted by molar-refractivity contribution is -0.132. The summed E-state index contributed by atoms with van der Waals surface area (Å²) in [6, 6.07) is 9.80. The van der Waals surface area contributed by atoms with Crippen LogP contribution in [0.5, 0.6) is 0 Å². The van der Waals surface area contributed by atoms with Crippen molar-refractivity contribution in [2.45, 2.75) is 95.4 Å². The van der Waals surface area contributed by atoms with Gasteiger partial charge in [-0.25, -0.2) is 0 Å². The molecule has 4 atom stereocenters. The highest BCUT2D eigenvalue weighted by atomic mass is 16.1. The summed E-state index contributed by atoms with van der Waals surface area (Å²) in [5.74, 6) is 2.04. The fourth-order valence-electron chi connectivity index (χ4n) is 7.77. The first-order valence-corrected chi connectivity index (χ1v) is 11.4. The predicted molar refractivity (Wildman–Crippen MR) is 110 cm³/mol. The van der Waals surface area contributed by atoms with Crippen LogP contribution in [-0.2, 0) is 10.2 Å². The number of carbonyl (C=O) groups is 1. The van der Waals surface area contributed by atoms with E-state index in [0.29, 0.717) is 17.4 Å². The quantitative estimate of drug-likeness (QED) is 0.731. The number of nitrogens with one attached hydrogen (secondary N) is 1. The third-order valence-electron chi connectivity index (χ3n) is 8.35. The van der Waals surface area contributed by atoms with Crippen LogP contribution in [0, 0.1) is 24.2 Å². The Kier molecular flexibility index (Phi) is 4.37. The Morgan fingerprint density at radius 1 is 1.00 bits per heavy atom. The van der Waals surface area contributed by atoms with Gasteiger partial charge in [-0.05, 0) is 86.5 Å². The van der Waals surface area contributed by atoms with Gasteiger partial charge in [0.15, 0.2) is 0 Å². The van der Waals surface area contributed by atoms with Gasteiger partial charge in [0.05, 0.1) is 0 Å². The molecule has 2 nitrogen and oxygen atoms in total.